The zero-order valence-corrected chi connectivity index (χ0v) is 20.9. The zero-order valence-electron chi connectivity index (χ0n) is 20.9. The Morgan fingerprint density at radius 2 is 1.80 bits per heavy atom. The molecule has 3 aromatic rings. The topological polar surface area (TPSA) is 62.2 Å². The largest absolute Gasteiger partial charge is 0.476 e. The van der Waals surface area contributed by atoms with Crippen molar-refractivity contribution < 1.29 is 9.47 Å². The molecule has 0 aliphatic carbocycles. The average molecular weight is 476 g/mol. The maximum Gasteiger partial charge on any atom is 0.215 e. The molecule has 7 nitrogen and oxygen atoms in total. The summed E-state index contributed by atoms with van der Waals surface area (Å²) in [4.78, 5) is 9.48. The number of rotatable bonds is 12. The lowest BCUT2D eigenvalue weighted by Crippen LogP contribution is -2.38. The molecule has 1 fully saturated rings. The van der Waals surface area contributed by atoms with E-state index in [2.05, 4.69) is 70.6 Å². The van der Waals surface area contributed by atoms with E-state index in [1.54, 1.807) is 6.21 Å². The van der Waals surface area contributed by atoms with Gasteiger partial charge >= 0.3 is 0 Å². The fraction of sp³-hybridized carbons (Fsp3) is 0.429. The van der Waals surface area contributed by atoms with Gasteiger partial charge in [-0.2, -0.15) is 5.10 Å². The molecule has 0 amide bonds. The number of hydrogen-bond acceptors (Lipinski definition) is 7. The Hall–Kier alpha value is -3.16. The Balaban J connectivity index is 1.47. The van der Waals surface area contributed by atoms with Gasteiger partial charge in [0, 0.05) is 44.5 Å². The van der Waals surface area contributed by atoms with Crippen LogP contribution in [0.4, 0.5) is 11.4 Å². The molecule has 7 heteroatoms. The Kier molecular flexibility index (Phi) is 9.32. The maximum atomic E-state index is 6.11. The number of ether oxygens (including phenoxy) is 2. The van der Waals surface area contributed by atoms with Crippen molar-refractivity contribution in [2.75, 3.05) is 62.9 Å². The van der Waals surface area contributed by atoms with E-state index in [9.17, 15) is 0 Å². The quantitative estimate of drug-likeness (QED) is 0.293. The van der Waals surface area contributed by atoms with Crippen molar-refractivity contribution in [1.82, 2.24) is 9.88 Å². The highest BCUT2D eigenvalue weighted by atomic mass is 16.5. The molecule has 1 aliphatic heterocycles. The van der Waals surface area contributed by atoms with E-state index < -0.39 is 0 Å². The van der Waals surface area contributed by atoms with Gasteiger partial charge in [0.25, 0.3) is 0 Å². The van der Waals surface area contributed by atoms with E-state index in [-0.39, 0.29) is 0 Å². The SMILES string of the molecule is CCCN(CCC)c1cc(/C=N/Nc2ccc3ccccc3c2)nc(OCCN2CCOCC2)c1. The average Bonchev–Trinajstić information content (AvgIpc) is 2.89. The number of nitrogens with zero attached hydrogens (tertiary/aromatic N) is 4. The molecule has 1 saturated heterocycles. The molecular weight excluding hydrogens is 438 g/mol. The fourth-order valence-electron chi connectivity index (χ4n) is 4.28. The molecule has 0 atom stereocenters. The highest BCUT2D eigenvalue weighted by molar-refractivity contribution is 5.86. The summed E-state index contributed by atoms with van der Waals surface area (Å²) < 4.78 is 11.5. The van der Waals surface area contributed by atoms with Crippen LogP contribution in [0.5, 0.6) is 5.88 Å². The summed E-state index contributed by atoms with van der Waals surface area (Å²) in [5, 5.41) is 6.86. The van der Waals surface area contributed by atoms with Crippen molar-refractivity contribution in [1.29, 1.82) is 0 Å². The number of benzene rings is 2. The zero-order chi connectivity index (χ0) is 24.3. The van der Waals surface area contributed by atoms with E-state index in [0.29, 0.717) is 12.5 Å². The first-order valence-corrected chi connectivity index (χ1v) is 12.7. The van der Waals surface area contributed by atoms with Crippen LogP contribution in [-0.2, 0) is 4.74 Å². The molecule has 4 rings (SSSR count). The van der Waals surface area contributed by atoms with Crippen LogP contribution in [0.25, 0.3) is 10.8 Å². The molecule has 0 bridgehead atoms. The number of hydrogen-bond donors (Lipinski definition) is 1. The Morgan fingerprint density at radius 3 is 2.57 bits per heavy atom. The highest BCUT2D eigenvalue weighted by Gasteiger charge is 2.12. The molecule has 2 aromatic carbocycles. The van der Waals surface area contributed by atoms with Crippen LogP contribution < -0.4 is 15.1 Å². The second-order valence-electron chi connectivity index (χ2n) is 8.81. The van der Waals surface area contributed by atoms with Crippen LogP contribution >= 0.6 is 0 Å². The van der Waals surface area contributed by atoms with Crippen molar-refractivity contribution in [2.45, 2.75) is 26.7 Å². The van der Waals surface area contributed by atoms with Crippen molar-refractivity contribution in [2.24, 2.45) is 5.10 Å². The number of nitrogens with one attached hydrogen (secondary N) is 1. The molecular formula is C28H37N5O2. The Morgan fingerprint density at radius 1 is 1.03 bits per heavy atom. The summed E-state index contributed by atoms with van der Waals surface area (Å²) in [6.07, 6.45) is 3.94. The molecule has 2 heterocycles. The molecule has 1 aliphatic rings. The number of fused-ring (bicyclic) bond motifs is 1. The van der Waals surface area contributed by atoms with Crippen LogP contribution in [0.1, 0.15) is 32.4 Å². The summed E-state index contributed by atoms with van der Waals surface area (Å²) in [5.74, 6) is 0.639. The van der Waals surface area contributed by atoms with E-state index >= 15 is 0 Å². The fourth-order valence-corrected chi connectivity index (χ4v) is 4.28. The summed E-state index contributed by atoms with van der Waals surface area (Å²) >= 11 is 0. The van der Waals surface area contributed by atoms with E-state index in [1.807, 2.05) is 18.2 Å². The standard InChI is InChI=1S/C28H37N5O2/c1-3-11-33(12-4-2)27-20-26(30-28(21-27)35-18-15-32-13-16-34-17-14-32)22-29-31-25-10-9-23-7-5-6-8-24(23)19-25/h5-10,19-22,31H,3-4,11-18H2,1-2H3/b29-22+. The third kappa shape index (κ3) is 7.41. The van der Waals surface area contributed by atoms with Crippen molar-refractivity contribution in [3.63, 3.8) is 0 Å². The number of hydrazone groups is 1. The Labute approximate surface area is 208 Å². The van der Waals surface area contributed by atoms with E-state index in [0.717, 1.165) is 75.8 Å². The molecule has 0 saturated carbocycles. The van der Waals surface area contributed by atoms with Crippen molar-refractivity contribution in [3.05, 3.63) is 60.3 Å². The van der Waals surface area contributed by atoms with E-state index in [4.69, 9.17) is 14.5 Å². The van der Waals surface area contributed by atoms with Gasteiger partial charge in [0.1, 0.15) is 6.61 Å². The van der Waals surface area contributed by atoms with Gasteiger partial charge in [-0.1, -0.05) is 44.2 Å². The van der Waals surface area contributed by atoms with Crippen LogP contribution in [0, 0.1) is 0 Å². The predicted molar refractivity (Wildman–Crippen MR) is 145 cm³/mol. The molecule has 186 valence electrons. The molecule has 35 heavy (non-hydrogen) atoms. The monoisotopic (exact) mass is 475 g/mol. The summed E-state index contributed by atoms with van der Waals surface area (Å²) in [7, 11) is 0. The predicted octanol–water partition coefficient (Wildman–Crippen LogP) is 5.02. The first-order valence-electron chi connectivity index (χ1n) is 12.7. The van der Waals surface area contributed by atoms with Crippen molar-refractivity contribution in [3.8, 4) is 5.88 Å². The molecule has 1 aromatic heterocycles. The van der Waals surface area contributed by atoms with Gasteiger partial charge in [0.05, 0.1) is 30.8 Å². The maximum absolute atomic E-state index is 6.11. The van der Waals surface area contributed by atoms with Gasteiger partial charge in [0.2, 0.25) is 5.88 Å². The molecule has 0 unspecified atom stereocenters. The van der Waals surface area contributed by atoms with Crippen LogP contribution in [0.3, 0.4) is 0 Å². The third-order valence-corrected chi connectivity index (χ3v) is 6.06. The van der Waals surface area contributed by atoms with Crippen molar-refractivity contribution >= 4 is 28.4 Å². The first kappa shape index (κ1) is 24.9. The number of morpholine rings is 1. The van der Waals surface area contributed by atoms with Crippen LogP contribution in [0.2, 0.25) is 0 Å². The number of pyridine rings is 1. The van der Waals surface area contributed by atoms with Gasteiger partial charge < -0.3 is 14.4 Å². The van der Waals surface area contributed by atoms with Gasteiger partial charge in [-0.3, -0.25) is 10.3 Å². The molecule has 1 N–H and O–H groups in total. The minimum absolute atomic E-state index is 0.601. The second kappa shape index (κ2) is 13.1. The van der Waals surface area contributed by atoms with E-state index in [1.165, 1.54) is 10.8 Å². The van der Waals surface area contributed by atoms with Crippen LogP contribution in [0.15, 0.2) is 59.7 Å². The highest BCUT2D eigenvalue weighted by Crippen LogP contribution is 2.22. The summed E-state index contributed by atoms with van der Waals surface area (Å²) in [6.45, 7) is 11.4. The smallest absolute Gasteiger partial charge is 0.215 e. The molecule has 0 radical (unpaired) electrons. The lowest BCUT2D eigenvalue weighted by Gasteiger charge is -2.26. The second-order valence-corrected chi connectivity index (χ2v) is 8.81. The van der Waals surface area contributed by atoms with Gasteiger partial charge in [0.15, 0.2) is 0 Å². The lowest BCUT2D eigenvalue weighted by molar-refractivity contribution is 0.0320. The van der Waals surface area contributed by atoms with Gasteiger partial charge in [-0.05, 0) is 41.8 Å². The third-order valence-electron chi connectivity index (χ3n) is 6.06. The van der Waals surface area contributed by atoms with Crippen LogP contribution in [-0.4, -0.2) is 68.6 Å². The lowest BCUT2D eigenvalue weighted by atomic mass is 10.1. The Bertz CT molecular complexity index is 1090. The first-order chi connectivity index (χ1) is 17.2. The minimum Gasteiger partial charge on any atom is -0.476 e. The van der Waals surface area contributed by atoms with Gasteiger partial charge in [-0.25, -0.2) is 4.98 Å². The number of anilines is 2. The minimum atomic E-state index is 0.601. The number of aromatic nitrogens is 1. The van der Waals surface area contributed by atoms with Gasteiger partial charge in [-0.15, -0.1) is 0 Å². The summed E-state index contributed by atoms with van der Waals surface area (Å²) in [5.41, 5.74) is 5.98. The molecule has 0 spiro atoms. The normalized spacial score (nSPS) is 14.5. The summed E-state index contributed by atoms with van der Waals surface area (Å²) in [6, 6.07) is 18.7.